The quantitative estimate of drug-likeness (QED) is 0.0998. The second-order valence-corrected chi connectivity index (χ2v) is 14.4. The van der Waals surface area contributed by atoms with Gasteiger partial charge in [-0.15, -0.1) is 11.3 Å². The first kappa shape index (κ1) is 36.4. The molecule has 2 aliphatic rings. The van der Waals surface area contributed by atoms with Gasteiger partial charge in [-0.25, -0.2) is 4.98 Å². The van der Waals surface area contributed by atoms with E-state index in [1.54, 1.807) is 21.4 Å². The Morgan fingerprint density at radius 2 is 1.62 bits per heavy atom. The minimum absolute atomic E-state index is 0.00259. The molecule has 2 aliphatic heterocycles. The van der Waals surface area contributed by atoms with Crippen LogP contribution in [-0.2, 0) is 20.8 Å². The van der Waals surface area contributed by atoms with E-state index in [1.807, 2.05) is 91.0 Å². The van der Waals surface area contributed by atoms with Crippen LogP contribution in [0, 0.1) is 11.3 Å². The molecular weight excluding hydrogens is 675 g/mol. The minimum atomic E-state index is -0.996. The van der Waals surface area contributed by atoms with E-state index in [-0.39, 0.29) is 41.0 Å². The number of hydrogen-bond donors (Lipinski definition) is 3. The first-order valence-corrected chi connectivity index (χ1v) is 18.7. The van der Waals surface area contributed by atoms with Crippen molar-refractivity contribution in [2.45, 2.75) is 50.1 Å². The van der Waals surface area contributed by atoms with Crippen molar-refractivity contribution in [2.24, 2.45) is 11.7 Å². The third kappa shape index (κ3) is 8.92. The maximum atomic E-state index is 14.6. The largest absolute Gasteiger partial charge is 0.370 e. The molecule has 0 unspecified atom stereocenters. The lowest BCUT2D eigenvalue weighted by Gasteiger charge is -2.43. The summed E-state index contributed by atoms with van der Waals surface area (Å²) in [5.74, 6) is -1.95. The molecule has 0 radical (unpaired) electrons. The van der Waals surface area contributed by atoms with E-state index in [2.05, 4.69) is 10.3 Å². The zero-order valence-corrected chi connectivity index (χ0v) is 29.9. The fourth-order valence-electron chi connectivity index (χ4n) is 7.43. The number of hydrogen-bond acceptors (Lipinski definition) is 7. The van der Waals surface area contributed by atoms with Gasteiger partial charge < -0.3 is 25.8 Å². The number of piperazine rings is 1. The van der Waals surface area contributed by atoms with Gasteiger partial charge >= 0.3 is 0 Å². The average molecular weight is 720 g/mol. The number of aromatic nitrogens is 1. The van der Waals surface area contributed by atoms with Gasteiger partial charge in [-0.2, -0.15) is 0 Å². The molecule has 3 amide bonds. The van der Waals surface area contributed by atoms with Crippen LogP contribution in [0.4, 0.5) is 0 Å². The highest BCUT2D eigenvalue weighted by molar-refractivity contribution is 7.11. The lowest BCUT2D eigenvalue weighted by molar-refractivity contribution is -0.158. The maximum absolute atomic E-state index is 14.6. The Morgan fingerprint density at radius 3 is 2.23 bits per heavy atom. The van der Waals surface area contributed by atoms with E-state index in [0.29, 0.717) is 32.5 Å². The monoisotopic (exact) mass is 719 g/mol. The molecule has 2 fully saturated rings. The Bertz CT molecular complexity index is 1780. The summed E-state index contributed by atoms with van der Waals surface area (Å²) < 4.78 is 0. The number of carbonyl (C=O) groups excluding carboxylic acids is 4. The maximum Gasteiger partial charge on any atom is 0.246 e. The van der Waals surface area contributed by atoms with Crippen LogP contribution in [0.1, 0.15) is 58.1 Å². The first-order chi connectivity index (χ1) is 25.3. The third-order valence-corrected chi connectivity index (χ3v) is 10.7. The molecule has 6 rings (SSSR count). The van der Waals surface area contributed by atoms with Crippen molar-refractivity contribution in [1.82, 2.24) is 25.0 Å². The fourth-order valence-corrected chi connectivity index (χ4v) is 8.06. The number of nitrogens with one attached hydrogen (secondary N) is 2. The SMILES string of the molecule is N=C(N)N1CCC[C@@H](C[C@H](NC(=O)CN2C(=O)CN(CCCc3ccccc3)C(=O)[C@@H]2C(c2ccccc2)c2ccccc2)C(=O)c2nccs2)C1. The number of nitrogens with zero attached hydrogens (tertiary/aromatic N) is 4. The normalized spacial score (nSPS) is 18.4. The van der Waals surface area contributed by atoms with Crippen LogP contribution >= 0.6 is 11.3 Å². The highest BCUT2D eigenvalue weighted by Gasteiger charge is 2.45. The fraction of sp³-hybridized carbons (Fsp3) is 0.350. The number of aryl methyl sites for hydroxylation is 1. The summed E-state index contributed by atoms with van der Waals surface area (Å²) in [7, 11) is 0. The molecule has 4 N–H and O–H groups in total. The molecule has 4 aromatic rings. The summed E-state index contributed by atoms with van der Waals surface area (Å²) in [5.41, 5.74) is 8.64. The summed E-state index contributed by atoms with van der Waals surface area (Å²) >= 11 is 1.20. The second kappa shape index (κ2) is 17.2. The molecule has 0 saturated carbocycles. The summed E-state index contributed by atoms with van der Waals surface area (Å²) in [6, 6.07) is 27.3. The van der Waals surface area contributed by atoms with Crippen molar-refractivity contribution >= 4 is 40.8 Å². The van der Waals surface area contributed by atoms with E-state index in [1.165, 1.54) is 16.2 Å². The Kier molecular flexibility index (Phi) is 12.1. The number of carbonyl (C=O) groups is 4. The second-order valence-electron chi connectivity index (χ2n) is 13.5. The van der Waals surface area contributed by atoms with E-state index in [4.69, 9.17) is 11.1 Å². The summed E-state index contributed by atoms with van der Waals surface area (Å²) in [6.45, 7) is 1.04. The smallest absolute Gasteiger partial charge is 0.246 e. The summed E-state index contributed by atoms with van der Waals surface area (Å²) in [5, 5.41) is 12.8. The number of guanidine groups is 1. The van der Waals surface area contributed by atoms with Gasteiger partial charge in [0.15, 0.2) is 11.0 Å². The van der Waals surface area contributed by atoms with Crippen LogP contribution in [0.5, 0.6) is 0 Å². The highest BCUT2D eigenvalue weighted by atomic mass is 32.1. The third-order valence-electron chi connectivity index (χ3n) is 9.95. The topological polar surface area (TPSA) is 153 Å². The summed E-state index contributed by atoms with van der Waals surface area (Å²) in [4.78, 5) is 65.6. The number of rotatable bonds is 14. The van der Waals surface area contributed by atoms with E-state index in [0.717, 1.165) is 36.0 Å². The molecule has 3 atom stereocenters. The Labute approximate surface area is 308 Å². The number of amides is 3. The van der Waals surface area contributed by atoms with Crippen molar-refractivity contribution in [3.8, 4) is 0 Å². The molecule has 11 nitrogen and oxygen atoms in total. The number of Topliss-reactive ketones (excluding diaryl/α,β-unsaturated/α-hetero) is 1. The molecule has 0 bridgehead atoms. The minimum Gasteiger partial charge on any atom is -0.370 e. The highest BCUT2D eigenvalue weighted by Crippen LogP contribution is 2.34. The molecule has 0 aliphatic carbocycles. The lowest BCUT2D eigenvalue weighted by atomic mass is 9.82. The van der Waals surface area contributed by atoms with Gasteiger partial charge in [0, 0.05) is 37.1 Å². The van der Waals surface area contributed by atoms with Crippen molar-refractivity contribution in [2.75, 3.05) is 32.7 Å². The number of thiazole rings is 1. The average Bonchev–Trinajstić information content (AvgIpc) is 3.71. The van der Waals surface area contributed by atoms with Crippen LogP contribution in [0.15, 0.2) is 103 Å². The molecule has 2 saturated heterocycles. The van der Waals surface area contributed by atoms with Crippen molar-refractivity contribution < 1.29 is 19.2 Å². The number of piperidine rings is 1. The summed E-state index contributed by atoms with van der Waals surface area (Å²) in [6.07, 6.45) is 4.95. The van der Waals surface area contributed by atoms with Crippen LogP contribution in [0.2, 0.25) is 0 Å². The first-order valence-electron chi connectivity index (χ1n) is 17.8. The molecule has 52 heavy (non-hydrogen) atoms. The zero-order valence-electron chi connectivity index (χ0n) is 29.1. The predicted molar refractivity (Wildman–Crippen MR) is 201 cm³/mol. The van der Waals surface area contributed by atoms with E-state index in [9.17, 15) is 19.2 Å². The van der Waals surface area contributed by atoms with E-state index >= 15 is 0 Å². The Hall–Kier alpha value is -5.36. The molecule has 12 heteroatoms. The predicted octanol–water partition coefficient (Wildman–Crippen LogP) is 4.31. The molecule has 270 valence electrons. The van der Waals surface area contributed by atoms with Crippen LogP contribution in [-0.4, -0.2) is 94.0 Å². The number of likely N-dealkylation sites (tertiary alicyclic amines) is 1. The van der Waals surface area contributed by atoms with Gasteiger partial charge in [0.2, 0.25) is 23.5 Å². The van der Waals surface area contributed by atoms with Gasteiger partial charge in [0.25, 0.3) is 0 Å². The Morgan fingerprint density at radius 1 is 0.962 bits per heavy atom. The molecule has 3 heterocycles. The standard InChI is InChI=1S/C40H45N7O4S/c41-40(42)46-22-11-15-29(25-46)24-32(37(50)38-43-20-23-52-38)44-33(48)26-47-34(49)27-45(21-10-14-28-12-4-1-5-13-28)39(51)36(47)35(30-16-6-2-7-17-30)31-18-8-3-9-19-31/h1-9,12-13,16-20,23,29,32,35-36H,10-11,14-15,21-22,24-27H2,(H3,41,42)(H,44,48)/t29-,32-,36-/m0/s1. The van der Waals surface area contributed by atoms with Gasteiger partial charge in [-0.05, 0) is 54.7 Å². The number of benzene rings is 3. The van der Waals surface area contributed by atoms with Crippen molar-refractivity contribution in [1.29, 1.82) is 5.41 Å². The van der Waals surface area contributed by atoms with Gasteiger partial charge in [-0.1, -0.05) is 91.0 Å². The number of nitrogens with two attached hydrogens (primary N) is 1. The van der Waals surface area contributed by atoms with E-state index < -0.39 is 30.5 Å². The molecule has 1 aromatic heterocycles. The van der Waals surface area contributed by atoms with Gasteiger partial charge in [0.1, 0.15) is 12.6 Å². The molecular formula is C40H45N7O4S. The number of ketones is 1. The van der Waals surface area contributed by atoms with Crippen molar-refractivity contribution in [3.63, 3.8) is 0 Å². The van der Waals surface area contributed by atoms with Crippen molar-refractivity contribution in [3.05, 3.63) is 124 Å². The zero-order chi connectivity index (χ0) is 36.5. The lowest BCUT2D eigenvalue weighted by Crippen LogP contribution is -2.63. The van der Waals surface area contributed by atoms with Crippen LogP contribution in [0.3, 0.4) is 0 Å². The van der Waals surface area contributed by atoms with Crippen LogP contribution in [0.25, 0.3) is 0 Å². The van der Waals surface area contributed by atoms with Gasteiger partial charge in [-0.3, -0.25) is 24.6 Å². The van der Waals surface area contributed by atoms with Gasteiger partial charge in [0.05, 0.1) is 12.6 Å². The molecule has 0 spiro atoms. The molecule has 3 aromatic carbocycles. The van der Waals surface area contributed by atoms with Crippen LogP contribution < -0.4 is 11.1 Å². The Balaban J connectivity index is 1.27.